The zero-order chi connectivity index (χ0) is 13.9. The standard InChI is InChI=1S/C17H27N3/c1-14-6-2-3-8-16(14)17(12-18)20-11-10-19-9-5-4-7-15(19)13-20/h2-3,6,8,15,17H,4-5,7,9-13,18H2,1H3. The highest BCUT2D eigenvalue weighted by Crippen LogP contribution is 2.28. The number of hydrogen-bond donors (Lipinski definition) is 1. The molecule has 0 amide bonds. The van der Waals surface area contributed by atoms with Crippen LogP contribution in [0.4, 0.5) is 0 Å². The van der Waals surface area contributed by atoms with E-state index in [0.717, 1.165) is 19.1 Å². The SMILES string of the molecule is Cc1ccccc1C(CN)N1CCN2CCCCC2C1. The smallest absolute Gasteiger partial charge is 0.0474 e. The Kier molecular flexibility index (Phi) is 4.39. The molecule has 2 aliphatic heterocycles. The van der Waals surface area contributed by atoms with Gasteiger partial charge in [0.15, 0.2) is 0 Å². The minimum Gasteiger partial charge on any atom is -0.329 e. The highest BCUT2D eigenvalue weighted by Gasteiger charge is 2.32. The van der Waals surface area contributed by atoms with E-state index in [1.165, 1.54) is 50.0 Å². The van der Waals surface area contributed by atoms with Crippen LogP contribution in [-0.2, 0) is 0 Å². The summed E-state index contributed by atoms with van der Waals surface area (Å²) in [5, 5.41) is 0. The number of benzene rings is 1. The van der Waals surface area contributed by atoms with E-state index < -0.39 is 0 Å². The molecule has 3 heteroatoms. The van der Waals surface area contributed by atoms with E-state index in [0.29, 0.717) is 6.04 Å². The van der Waals surface area contributed by atoms with Gasteiger partial charge in [-0.05, 0) is 37.4 Å². The van der Waals surface area contributed by atoms with Crippen molar-refractivity contribution < 1.29 is 0 Å². The lowest BCUT2D eigenvalue weighted by atomic mass is 9.95. The normalized spacial score (nSPS) is 26.2. The Morgan fingerprint density at radius 3 is 2.85 bits per heavy atom. The summed E-state index contributed by atoms with van der Waals surface area (Å²) in [7, 11) is 0. The van der Waals surface area contributed by atoms with E-state index >= 15 is 0 Å². The van der Waals surface area contributed by atoms with Crippen molar-refractivity contribution in [3.8, 4) is 0 Å². The van der Waals surface area contributed by atoms with Crippen molar-refractivity contribution in [2.24, 2.45) is 5.73 Å². The van der Waals surface area contributed by atoms with Crippen LogP contribution < -0.4 is 5.73 Å². The quantitative estimate of drug-likeness (QED) is 0.916. The van der Waals surface area contributed by atoms with E-state index in [-0.39, 0.29) is 0 Å². The van der Waals surface area contributed by atoms with Crippen LogP contribution in [0.5, 0.6) is 0 Å². The third-order valence-corrected chi connectivity index (χ3v) is 5.08. The van der Waals surface area contributed by atoms with Gasteiger partial charge in [-0.15, -0.1) is 0 Å². The first-order valence-corrected chi connectivity index (χ1v) is 8.03. The zero-order valence-electron chi connectivity index (χ0n) is 12.6. The Bertz CT molecular complexity index is 446. The molecular formula is C17H27N3. The van der Waals surface area contributed by atoms with Crippen LogP contribution >= 0.6 is 0 Å². The van der Waals surface area contributed by atoms with Gasteiger partial charge in [-0.3, -0.25) is 9.80 Å². The largest absolute Gasteiger partial charge is 0.329 e. The van der Waals surface area contributed by atoms with Crippen molar-refractivity contribution in [3.63, 3.8) is 0 Å². The highest BCUT2D eigenvalue weighted by atomic mass is 15.3. The topological polar surface area (TPSA) is 32.5 Å². The van der Waals surface area contributed by atoms with Crippen molar-refractivity contribution in [2.45, 2.75) is 38.3 Å². The number of nitrogens with zero attached hydrogens (tertiary/aromatic N) is 2. The predicted octanol–water partition coefficient (Wildman–Crippen LogP) is 2.16. The summed E-state index contributed by atoms with van der Waals surface area (Å²) < 4.78 is 0. The molecule has 2 aliphatic rings. The molecular weight excluding hydrogens is 246 g/mol. The molecule has 1 aromatic carbocycles. The first-order chi connectivity index (χ1) is 9.79. The van der Waals surface area contributed by atoms with Crippen molar-refractivity contribution in [3.05, 3.63) is 35.4 Å². The minimum absolute atomic E-state index is 0.389. The Hall–Kier alpha value is -0.900. The molecule has 0 bridgehead atoms. The van der Waals surface area contributed by atoms with Gasteiger partial charge in [0.2, 0.25) is 0 Å². The molecule has 20 heavy (non-hydrogen) atoms. The molecule has 2 unspecified atom stereocenters. The third kappa shape index (κ3) is 2.76. The Morgan fingerprint density at radius 1 is 1.20 bits per heavy atom. The molecule has 0 saturated carbocycles. The van der Waals surface area contributed by atoms with Gasteiger partial charge in [-0.2, -0.15) is 0 Å². The average Bonchev–Trinajstić information content (AvgIpc) is 2.50. The van der Waals surface area contributed by atoms with Crippen LogP contribution in [0.1, 0.15) is 36.4 Å². The van der Waals surface area contributed by atoms with Gasteiger partial charge in [-0.1, -0.05) is 30.7 Å². The van der Waals surface area contributed by atoms with E-state index in [1.54, 1.807) is 0 Å². The molecule has 3 nitrogen and oxygen atoms in total. The fraction of sp³-hybridized carbons (Fsp3) is 0.647. The molecule has 2 saturated heterocycles. The average molecular weight is 273 g/mol. The fourth-order valence-corrected chi connectivity index (χ4v) is 3.90. The van der Waals surface area contributed by atoms with Gasteiger partial charge < -0.3 is 5.73 Å². The van der Waals surface area contributed by atoms with E-state index in [1.807, 2.05) is 0 Å². The maximum absolute atomic E-state index is 6.12. The molecule has 0 aliphatic carbocycles. The highest BCUT2D eigenvalue weighted by molar-refractivity contribution is 5.29. The summed E-state index contributed by atoms with van der Waals surface area (Å²) in [4.78, 5) is 5.31. The number of piperidine rings is 1. The van der Waals surface area contributed by atoms with Crippen molar-refractivity contribution in [2.75, 3.05) is 32.7 Å². The molecule has 2 N–H and O–H groups in total. The number of piperazine rings is 1. The number of nitrogens with two attached hydrogens (primary N) is 1. The summed E-state index contributed by atoms with van der Waals surface area (Å²) in [5.74, 6) is 0. The van der Waals surface area contributed by atoms with Crippen LogP contribution in [0.15, 0.2) is 24.3 Å². The Labute approximate surface area is 122 Å². The summed E-state index contributed by atoms with van der Waals surface area (Å²) >= 11 is 0. The summed E-state index contributed by atoms with van der Waals surface area (Å²) in [6.07, 6.45) is 4.14. The van der Waals surface area contributed by atoms with Crippen molar-refractivity contribution in [1.29, 1.82) is 0 Å². The lowest BCUT2D eigenvalue weighted by molar-refractivity contribution is 0.0285. The van der Waals surface area contributed by atoms with Crippen LogP contribution in [0.25, 0.3) is 0 Å². The summed E-state index contributed by atoms with van der Waals surface area (Å²) in [5.41, 5.74) is 8.90. The molecule has 2 atom stereocenters. The van der Waals surface area contributed by atoms with E-state index in [4.69, 9.17) is 5.73 Å². The Balaban J connectivity index is 1.75. The van der Waals surface area contributed by atoms with Gasteiger partial charge in [0.05, 0.1) is 0 Å². The fourth-order valence-electron chi connectivity index (χ4n) is 3.90. The van der Waals surface area contributed by atoms with Gasteiger partial charge in [0, 0.05) is 38.3 Å². The van der Waals surface area contributed by atoms with Gasteiger partial charge in [-0.25, -0.2) is 0 Å². The maximum atomic E-state index is 6.12. The number of fused-ring (bicyclic) bond motifs is 1. The van der Waals surface area contributed by atoms with Crippen LogP contribution in [-0.4, -0.2) is 48.6 Å². The van der Waals surface area contributed by atoms with Gasteiger partial charge in [0.25, 0.3) is 0 Å². The van der Waals surface area contributed by atoms with Gasteiger partial charge in [0.1, 0.15) is 0 Å². The first-order valence-electron chi connectivity index (χ1n) is 8.03. The molecule has 0 radical (unpaired) electrons. The number of hydrogen-bond acceptors (Lipinski definition) is 3. The molecule has 0 spiro atoms. The monoisotopic (exact) mass is 273 g/mol. The van der Waals surface area contributed by atoms with Crippen molar-refractivity contribution in [1.82, 2.24) is 9.80 Å². The van der Waals surface area contributed by atoms with Crippen LogP contribution in [0, 0.1) is 6.92 Å². The lowest BCUT2D eigenvalue weighted by Crippen LogP contribution is -2.56. The minimum atomic E-state index is 0.389. The van der Waals surface area contributed by atoms with Crippen molar-refractivity contribution >= 4 is 0 Å². The number of aryl methyl sites for hydroxylation is 1. The van der Waals surface area contributed by atoms with E-state index in [9.17, 15) is 0 Å². The molecule has 0 aromatic heterocycles. The molecule has 3 rings (SSSR count). The second-order valence-electron chi connectivity index (χ2n) is 6.29. The Morgan fingerprint density at radius 2 is 2.05 bits per heavy atom. The number of rotatable bonds is 3. The predicted molar refractivity (Wildman–Crippen MR) is 83.8 cm³/mol. The van der Waals surface area contributed by atoms with Crippen LogP contribution in [0.2, 0.25) is 0 Å². The van der Waals surface area contributed by atoms with E-state index in [2.05, 4.69) is 41.0 Å². The van der Waals surface area contributed by atoms with Crippen LogP contribution in [0.3, 0.4) is 0 Å². The second-order valence-corrected chi connectivity index (χ2v) is 6.29. The second kappa shape index (κ2) is 6.25. The summed E-state index contributed by atoms with van der Waals surface area (Å²) in [6, 6.07) is 9.86. The molecule has 2 fully saturated rings. The molecule has 1 aromatic rings. The molecule has 2 heterocycles. The molecule has 110 valence electrons. The maximum Gasteiger partial charge on any atom is 0.0474 e. The lowest BCUT2D eigenvalue weighted by Gasteiger charge is -2.46. The third-order valence-electron chi connectivity index (χ3n) is 5.08. The zero-order valence-corrected chi connectivity index (χ0v) is 12.6. The first kappa shape index (κ1) is 14.1. The summed E-state index contributed by atoms with van der Waals surface area (Å²) in [6.45, 7) is 7.79. The van der Waals surface area contributed by atoms with Gasteiger partial charge >= 0.3 is 0 Å².